The number of benzene rings is 2. The summed E-state index contributed by atoms with van der Waals surface area (Å²) in [6.45, 7) is 3.31. The Morgan fingerprint density at radius 3 is 1.91 bits per heavy atom. The lowest BCUT2D eigenvalue weighted by Crippen LogP contribution is -2.18. The van der Waals surface area contributed by atoms with E-state index >= 15 is 0 Å². The number of allylic oxidation sites excluding steroid dienone is 3. The molecule has 5 nitrogen and oxygen atoms in total. The molecular weight excluding hydrogens is 603 g/mol. The van der Waals surface area contributed by atoms with Crippen LogP contribution < -0.4 is 5.32 Å². The first-order valence-corrected chi connectivity index (χ1v) is 17.3. The number of ketones is 2. The number of hydrogen-bond donors (Lipinski definition) is 2. The van der Waals surface area contributed by atoms with Crippen LogP contribution in [0.4, 0.5) is 18.9 Å². The van der Waals surface area contributed by atoms with Gasteiger partial charge in [0, 0.05) is 30.3 Å². The van der Waals surface area contributed by atoms with E-state index in [0.29, 0.717) is 12.0 Å². The first kappa shape index (κ1) is 39.5. The number of carboxylic acids is 1. The topological polar surface area (TPSA) is 83.5 Å². The molecule has 3 rings (SSSR count). The molecule has 258 valence electrons. The maximum atomic E-state index is 12.1. The minimum absolute atomic E-state index is 0.223. The first-order valence-electron chi connectivity index (χ1n) is 17.3. The molecule has 0 fully saturated rings. The van der Waals surface area contributed by atoms with Crippen LogP contribution in [0, 0.1) is 0 Å². The molecule has 1 aliphatic rings. The molecule has 2 N–H and O–H groups in total. The second-order valence-corrected chi connectivity index (χ2v) is 12.2. The van der Waals surface area contributed by atoms with Crippen LogP contribution in [0.15, 0.2) is 72.3 Å². The molecule has 0 amide bonds. The number of carbonyl (C=O) groups is 3. The van der Waals surface area contributed by atoms with Crippen molar-refractivity contribution < 1.29 is 32.7 Å². The standard InChI is InChI=1S/C26H44F3N.C13H8O4/c1-2-3-4-5-6-10-13-16-22-30-25-20-17-19-24(23-25)18-14-11-8-7-9-12-15-21-26(27,28)29;14-11-7-10(13(16)17)12(15)6-9(11)8-4-2-1-3-5-8/h17,19-20,23,30H,2-16,18,21-22H2,1H3;1-7H,(H,16,17). The van der Waals surface area contributed by atoms with E-state index in [2.05, 4.69) is 36.5 Å². The van der Waals surface area contributed by atoms with E-state index < -0.39 is 35.7 Å². The molecular formula is C39H52F3NO4. The fraction of sp³-hybridized carbons (Fsp3) is 0.513. The van der Waals surface area contributed by atoms with Crippen LogP contribution in [0.5, 0.6) is 0 Å². The van der Waals surface area contributed by atoms with Gasteiger partial charge in [0.1, 0.15) is 5.57 Å². The molecule has 0 aliphatic heterocycles. The highest BCUT2D eigenvalue weighted by molar-refractivity contribution is 6.39. The van der Waals surface area contributed by atoms with E-state index in [1.165, 1.54) is 62.6 Å². The third-order valence-electron chi connectivity index (χ3n) is 8.11. The monoisotopic (exact) mass is 655 g/mol. The minimum atomic E-state index is -3.99. The highest BCUT2D eigenvalue weighted by Crippen LogP contribution is 2.24. The summed E-state index contributed by atoms with van der Waals surface area (Å²) in [5.41, 5.74) is 2.93. The third-order valence-corrected chi connectivity index (χ3v) is 8.11. The summed E-state index contributed by atoms with van der Waals surface area (Å²) in [7, 11) is 0. The summed E-state index contributed by atoms with van der Waals surface area (Å²) in [6.07, 6.45) is 15.6. The van der Waals surface area contributed by atoms with Crippen molar-refractivity contribution in [1.82, 2.24) is 0 Å². The van der Waals surface area contributed by atoms with Crippen LogP contribution in [0.3, 0.4) is 0 Å². The van der Waals surface area contributed by atoms with Crippen molar-refractivity contribution in [3.8, 4) is 0 Å². The van der Waals surface area contributed by atoms with E-state index in [1.54, 1.807) is 30.3 Å². The Morgan fingerprint density at radius 1 is 0.702 bits per heavy atom. The second-order valence-electron chi connectivity index (χ2n) is 12.2. The van der Waals surface area contributed by atoms with Crippen molar-refractivity contribution in [2.24, 2.45) is 0 Å². The van der Waals surface area contributed by atoms with Crippen LogP contribution in [-0.4, -0.2) is 35.4 Å². The van der Waals surface area contributed by atoms with Crippen molar-refractivity contribution in [3.63, 3.8) is 0 Å². The predicted octanol–water partition coefficient (Wildman–Crippen LogP) is 10.7. The highest BCUT2D eigenvalue weighted by atomic mass is 19.4. The maximum absolute atomic E-state index is 12.1. The average molecular weight is 656 g/mol. The lowest BCUT2D eigenvalue weighted by molar-refractivity contribution is -0.136. The summed E-state index contributed by atoms with van der Waals surface area (Å²) in [5, 5.41) is 12.3. The lowest BCUT2D eigenvalue weighted by atomic mass is 9.92. The number of nitrogens with one attached hydrogen (secondary N) is 1. The van der Waals surface area contributed by atoms with E-state index in [-0.39, 0.29) is 12.0 Å². The van der Waals surface area contributed by atoms with Crippen LogP contribution in [0.2, 0.25) is 0 Å². The van der Waals surface area contributed by atoms with E-state index in [9.17, 15) is 27.6 Å². The molecule has 0 radical (unpaired) electrons. The molecule has 0 saturated carbocycles. The van der Waals surface area contributed by atoms with Gasteiger partial charge in [0.05, 0.1) is 0 Å². The summed E-state index contributed by atoms with van der Waals surface area (Å²) in [6, 6.07) is 17.4. The molecule has 0 unspecified atom stereocenters. The van der Waals surface area contributed by atoms with Crippen LogP contribution in [0.1, 0.15) is 121 Å². The van der Waals surface area contributed by atoms with Crippen molar-refractivity contribution in [1.29, 1.82) is 0 Å². The zero-order chi connectivity index (χ0) is 34.3. The number of aliphatic carboxylic acids is 1. The van der Waals surface area contributed by atoms with Crippen LogP contribution >= 0.6 is 0 Å². The van der Waals surface area contributed by atoms with Gasteiger partial charge in [-0.3, -0.25) is 9.59 Å². The second kappa shape index (κ2) is 22.8. The quantitative estimate of drug-likeness (QED) is 0.0794. The van der Waals surface area contributed by atoms with Crippen LogP contribution in [0.25, 0.3) is 5.57 Å². The van der Waals surface area contributed by atoms with E-state index in [0.717, 1.165) is 57.2 Å². The van der Waals surface area contributed by atoms with Crippen LogP contribution in [-0.2, 0) is 20.8 Å². The SMILES string of the molecule is CCCCCCCCCCNc1cccc(CCCCCCCCCC(F)(F)F)c1.O=C(O)C1=CC(=O)C(c2ccccc2)=CC1=O. The van der Waals surface area contributed by atoms with Gasteiger partial charge in [-0.05, 0) is 55.0 Å². The Bertz CT molecular complexity index is 1280. The number of rotatable bonds is 21. The molecule has 0 bridgehead atoms. The van der Waals surface area contributed by atoms with Crippen molar-refractivity contribution in [2.75, 3.05) is 11.9 Å². The smallest absolute Gasteiger partial charge is 0.389 e. The van der Waals surface area contributed by atoms with Gasteiger partial charge >= 0.3 is 12.1 Å². The molecule has 0 saturated heterocycles. The largest absolute Gasteiger partial charge is 0.478 e. The zero-order valence-corrected chi connectivity index (χ0v) is 27.9. The highest BCUT2D eigenvalue weighted by Gasteiger charge is 2.26. The van der Waals surface area contributed by atoms with E-state index in [4.69, 9.17) is 5.11 Å². The number of carbonyl (C=O) groups excluding carboxylic acids is 2. The van der Waals surface area contributed by atoms with Gasteiger partial charge in [0.2, 0.25) is 0 Å². The number of alkyl halides is 3. The summed E-state index contributed by atoms with van der Waals surface area (Å²) < 4.78 is 36.2. The molecule has 0 atom stereocenters. The lowest BCUT2D eigenvalue weighted by Gasteiger charge is -2.09. The Balaban J connectivity index is 0.000000378. The van der Waals surface area contributed by atoms with Gasteiger partial charge in [0.15, 0.2) is 11.6 Å². The van der Waals surface area contributed by atoms with Gasteiger partial charge < -0.3 is 10.4 Å². The summed E-state index contributed by atoms with van der Waals surface area (Å²) in [5.74, 6) is -2.50. The van der Waals surface area contributed by atoms with Gasteiger partial charge in [0.25, 0.3) is 0 Å². The number of aryl methyl sites for hydroxylation is 1. The molecule has 8 heteroatoms. The summed E-state index contributed by atoms with van der Waals surface area (Å²) >= 11 is 0. The number of hydrogen-bond acceptors (Lipinski definition) is 4. The van der Waals surface area contributed by atoms with Gasteiger partial charge in [-0.2, -0.15) is 13.2 Å². The Morgan fingerprint density at radius 2 is 1.30 bits per heavy atom. The van der Waals surface area contributed by atoms with Crippen molar-refractivity contribution in [2.45, 2.75) is 122 Å². The predicted molar refractivity (Wildman–Crippen MR) is 184 cm³/mol. The first-order chi connectivity index (χ1) is 22.6. The van der Waals surface area contributed by atoms with Gasteiger partial charge in [-0.15, -0.1) is 0 Å². The average Bonchev–Trinajstić information content (AvgIpc) is 3.04. The third kappa shape index (κ3) is 17.7. The molecule has 0 heterocycles. The molecule has 0 spiro atoms. The molecule has 2 aromatic carbocycles. The Labute approximate surface area is 278 Å². The van der Waals surface area contributed by atoms with Gasteiger partial charge in [-0.25, -0.2) is 4.79 Å². The number of anilines is 1. The zero-order valence-electron chi connectivity index (χ0n) is 27.9. The van der Waals surface area contributed by atoms with Crippen molar-refractivity contribution >= 4 is 28.8 Å². The molecule has 2 aromatic rings. The molecule has 0 aromatic heterocycles. The fourth-order valence-electron chi connectivity index (χ4n) is 5.44. The molecule has 47 heavy (non-hydrogen) atoms. The Hall–Kier alpha value is -3.68. The van der Waals surface area contributed by atoms with Crippen molar-refractivity contribution in [3.05, 3.63) is 83.4 Å². The number of unbranched alkanes of at least 4 members (excludes halogenated alkanes) is 13. The number of halogens is 3. The van der Waals surface area contributed by atoms with Gasteiger partial charge in [-0.1, -0.05) is 126 Å². The minimum Gasteiger partial charge on any atom is -0.478 e. The van der Waals surface area contributed by atoms with E-state index in [1.807, 2.05) is 0 Å². The number of carboxylic acid groups (broad SMARTS) is 1. The Kier molecular flexibility index (Phi) is 19.1. The maximum Gasteiger partial charge on any atom is 0.389 e. The fourth-order valence-corrected chi connectivity index (χ4v) is 5.44. The normalized spacial score (nSPS) is 13.0. The summed E-state index contributed by atoms with van der Waals surface area (Å²) in [4.78, 5) is 33.9. The molecule has 1 aliphatic carbocycles.